The maximum absolute atomic E-state index is 12.1. The average molecular weight is 714 g/mol. The Morgan fingerprint density at radius 2 is 0.905 bits per heavy atom. The third kappa shape index (κ3) is 10.2. The van der Waals surface area contributed by atoms with E-state index >= 15 is 0 Å². The second-order valence-corrected chi connectivity index (χ2v) is 11.6. The topological polar surface area (TPSA) is 210 Å². The Balaban J connectivity index is 0.00000462. The molecule has 0 aliphatic heterocycles. The van der Waals surface area contributed by atoms with Crippen LogP contribution in [0.4, 0.5) is 23.3 Å². The molecular weight excluding hydrogens is 700 g/mol. The minimum atomic E-state index is -4.77. The van der Waals surface area contributed by atoms with Gasteiger partial charge in [-0.05, 0) is 81.8 Å². The molecule has 42 heavy (non-hydrogen) atoms. The number of aromatic nitrogens is 6. The molecule has 4 aromatic rings. The maximum Gasteiger partial charge on any atom is 1.00 e. The Labute approximate surface area is 305 Å². The predicted molar refractivity (Wildman–Crippen MR) is 150 cm³/mol. The van der Waals surface area contributed by atoms with E-state index in [0.29, 0.717) is 0 Å². The van der Waals surface area contributed by atoms with Crippen molar-refractivity contribution in [3.63, 3.8) is 0 Å². The molecular formula is C20H14Cl4N8Na2O6S2. The van der Waals surface area contributed by atoms with Gasteiger partial charge in [0.05, 0.1) is 0 Å². The largest absolute Gasteiger partial charge is 1.00 e. The van der Waals surface area contributed by atoms with Gasteiger partial charge < -0.3 is 13.5 Å². The standard InChI is InChI=1S/C20H12Cl4N8O6S2.2Na.2H/c21-15-27-16(22)30-19(29-15)25-11-5-3-9(13(7-11)39(33,34)35)1-2-10-4-6-12(8-14(10)40(36,37)38)26-20-31-17(23)28-18(24)32-20;;;;/h1-8H,(H,33,34,35)(H,36,37,38)(H,25,27,29,30)(H,26,28,31,32);;;;/q;2*+1;2*-1. The number of nitrogens with one attached hydrogen (secondary N) is 2. The Hall–Kier alpha value is -1.22. The summed E-state index contributed by atoms with van der Waals surface area (Å²) in [6.07, 6.45) is 2.43. The summed E-state index contributed by atoms with van der Waals surface area (Å²) in [5.74, 6) is -0.189. The molecule has 4 N–H and O–H groups in total. The molecule has 14 nitrogen and oxygen atoms in total. The van der Waals surface area contributed by atoms with E-state index in [1.54, 1.807) is 0 Å². The average Bonchev–Trinajstić information content (AvgIpc) is 2.81. The van der Waals surface area contributed by atoms with Gasteiger partial charge >= 0.3 is 59.1 Å². The second kappa shape index (κ2) is 15.2. The van der Waals surface area contributed by atoms with E-state index in [0.717, 1.165) is 12.1 Å². The zero-order valence-electron chi connectivity index (χ0n) is 23.2. The van der Waals surface area contributed by atoms with Crippen molar-refractivity contribution in [2.45, 2.75) is 9.79 Å². The normalized spacial score (nSPS) is 11.5. The molecule has 0 amide bonds. The summed E-state index contributed by atoms with van der Waals surface area (Å²) in [5, 5.41) is 4.50. The summed E-state index contributed by atoms with van der Waals surface area (Å²) in [4.78, 5) is 21.3. The van der Waals surface area contributed by atoms with E-state index < -0.39 is 30.0 Å². The number of anilines is 4. The molecule has 0 radical (unpaired) electrons. The number of hydrogen-bond donors (Lipinski definition) is 4. The van der Waals surface area contributed by atoms with Crippen LogP contribution in [0.3, 0.4) is 0 Å². The molecule has 2 heterocycles. The van der Waals surface area contributed by atoms with Crippen LogP contribution in [0.2, 0.25) is 21.1 Å². The van der Waals surface area contributed by atoms with E-state index in [1.165, 1.54) is 36.4 Å². The van der Waals surface area contributed by atoms with Gasteiger partial charge in [0, 0.05) is 11.4 Å². The molecule has 0 saturated carbocycles. The van der Waals surface area contributed by atoms with Crippen molar-refractivity contribution in [2.75, 3.05) is 10.6 Å². The van der Waals surface area contributed by atoms with Crippen LogP contribution in [-0.4, -0.2) is 55.8 Å². The van der Waals surface area contributed by atoms with Crippen molar-refractivity contribution in [1.29, 1.82) is 0 Å². The minimum Gasteiger partial charge on any atom is -1.00 e. The summed E-state index contributed by atoms with van der Waals surface area (Å²) in [6.45, 7) is 0. The van der Waals surface area contributed by atoms with Crippen molar-refractivity contribution in [1.82, 2.24) is 29.9 Å². The molecule has 4 rings (SSSR count). The number of halogens is 4. The van der Waals surface area contributed by atoms with Crippen molar-refractivity contribution in [3.8, 4) is 0 Å². The van der Waals surface area contributed by atoms with Crippen molar-refractivity contribution >= 4 is 102 Å². The quantitative estimate of drug-likeness (QED) is 0.0987. The first kappa shape index (κ1) is 37.0. The van der Waals surface area contributed by atoms with Gasteiger partial charge in [0.25, 0.3) is 20.2 Å². The number of rotatable bonds is 8. The smallest absolute Gasteiger partial charge is 1.00 e. The number of benzene rings is 2. The van der Waals surface area contributed by atoms with Crippen LogP contribution in [0.5, 0.6) is 0 Å². The van der Waals surface area contributed by atoms with E-state index in [2.05, 4.69) is 40.5 Å². The summed E-state index contributed by atoms with van der Waals surface area (Å²) >= 11 is 22.9. The van der Waals surface area contributed by atoms with Gasteiger partial charge in [-0.25, -0.2) is 0 Å². The van der Waals surface area contributed by atoms with E-state index in [1.807, 2.05) is 0 Å². The van der Waals surface area contributed by atoms with Gasteiger partial charge in [-0.1, -0.05) is 24.3 Å². The fourth-order valence-corrected chi connectivity index (χ4v) is 5.29. The fourth-order valence-electron chi connectivity index (χ4n) is 3.15. The molecule has 0 saturated heterocycles. The monoisotopic (exact) mass is 712 g/mol. The Bertz CT molecular complexity index is 1730. The third-order valence-electron chi connectivity index (χ3n) is 4.70. The van der Waals surface area contributed by atoms with E-state index in [-0.39, 0.29) is 118 Å². The molecule has 0 unspecified atom stereocenters. The van der Waals surface area contributed by atoms with Crippen LogP contribution in [0.25, 0.3) is 12.2 Å². The van der Waals surface area contributed by atoms with E-state index in [9.17, 15) is 25.9 Å². The first-order valence-electron chi connectivity index (χ1n) is 10.3. The van der Waals surface area contributed by atoms with Crippen molar-refractivity contribution in [2.24, 2.45) is 0 Å². The molecule has 0 spiro atoms. The Kier molecular flexibility index (Phi) is 13.4. The third-order valence-corrected chi connectivity index (χ3v) is 7.19. The van der Waals surface area contributed by atoms with Crippen LogP contribution in [-0.2, 0) is 20.2 Å². The predicted octanol–water partition coefficient (Wildman–Crippen LogP) is -0.946. The minimum absolute atomic E-state index is 0. The second-order valence-electron chi connectivity index (χ2n) is 7.43. The van der Waals surface area contributed by atoms with Crippen LogP contribution < -0.4 is 69.7 Å². The zero-order chi connectivity index (χ0) is 29.2. The van der Waals surface area contributed by atoms with Crippen molar-refractivity contribution < 1.29 is 87.9 Å². The summed E-state index contributed by atoms with van der Waals surface area (Å²) in [5.41, 5.74) is 0.210. The number of nitrogens with zero attached hydrogens (tertiary/aromatic N) is 6. The van der Waals surface area contributed by atoms with Crippen LogP contribution >= 0.6 is 46.4 Å². The Morgan fingerprint density at radius 1 is 0.595 bits per heavy atom. The molecule has 0 bridgehead atoms. The molecule has 0 atom stereocenters. The molecule has 0 fully saturated rings. The van der Waals surface area contributed by atoms with Gasteiger partial charge in [0.15, 0.2) is 0 Å². The first-order chi connectivity index (χ1) is 18.7. The van der Waals surface area contributed by atoms with Gasteiger partial charge in [-0.2, -0.15) is 46.7 Å². The fraction of sp³-hybridized carbons (Fsp3) is 0. The molecule has 22 heteroatoms. The zero-order valence-corrected chi connectivity index (χ0v) is 29.8. The van der Waals surface area contributed by atoms with Gasteiger partial charge in [0.2, 0.25) is 33.0 Å². The Morgan fingerprint density at radius 3 is 1.19 bits per heavy atom. The van der Waals surface area contributed by atoms with Gasteiger partial charge in [-0.15, -0.1) is 0 Å². The number of hydrogen-bond acceptors (Lipinski definition) is 12. The van der Waals surface area contributed by atoms with Crippen molar-refractivity contribution in [3.05, 3.63) is 68.7 Å². The molecule has 2 aromatic carbocycles. The summed E-state index contributed by atoms with van der Waals surface area (Å²) in [6, 6.07) is 7.60. The van der Waals surface area contributed by atoms with Crippen LogP contribution in [0.15, 0.2) is 46.2 Å². The van der Waals surface area contributed by atoms with E-state index in [4.69, 9.17) is 46.4 Å². The SMILES string of the molecule is O=S(=O)(O)c1cc(Nc2nc(Cl)nc(Cl)n2)ccc1C=Cc1ccc(Nc2nc(Cl)nc(Cl)n2)cc1S(=O)(=O)O.[H-].[H-].[Na+].[Na+]. The summed E-state index contributed by atoms with van der Waals surface area (Å²) in [7, 11) is -9.54. The maximum atomic E-state index is 12.1. The molecule has 0 aliphatic rings. The molecule has 0 aliphatic carbocycles. The van der Waals surface area contributed by atoms with Gasteiger partial charge in [0.1, 0.15) is 9.79 Å². The first-order valence-corrected chi connectivity index (χ1v) is 14.7. The molecule has 212 valence electrons. The summed E-state index contributed by atoms with van der Waals surface area (Å²) < 4.78 is 68.0. The van der Waals surface area contributed by atoms with Crippen LogP contribution in [0, 0.1) is 0 Å². The van der Waals surface area contributed by atoms with Gasteiger partial charge in [-0.3, -0.25) is 9.11 Å². The van der Waals surface area contributed by atoms with Crippen LogP contribution in [0.1, 0.15) is 14.0 Å². The molecule has 2 aromatic heterocycles.